The third kappa shape index (κ3) is 7.28. The van der Waals surface area contributed by atoms with Gasteiger partial charge in [-0.1, -0.05) is 18.2 Å². The zero-order valence-electron chi connectivity index (χ0n) is 16.0. The van der Waals surface area contributed by atoms with Gasteiger partial charge in [-0.05, 0) is 57.9 Å². The number of likely N-dealkylation sites (tertiary alicyclic amines) is 1. The van der Waals surface area contributed by atoms with Crippen molar-refractivity contribution in [3.05, 3.63) is 30.3 Å². The quantitative estimate of drug-likeness (QED) is 0.602. The number of carbonyl (C=O) groups excluding carboxylic acids is 2. The highest BCUT2D eigenvalue weighted by Gasteiger charge is 2.30. The molecule has 144 valence electrons. The fourth-order valence-corrected chi connectivity index (χ4v) is 3.69. The Morgan fingerprint density at radius 1 is 1.27 bits per heavy atom. The van der Waals surface area contributed by atoms with E-state index >= 15 is 0 Å². The predicted octanol–water partition coefficient (Wildman–Crippen LogP) is 3.93. The number of nitrogens with one attached hydrogen (secondary N) is 1. The minimum absolute atomic E-state index is 0.0444. The van der Waals surface area contributed by atoms with E-state index in [0.717, 1.165) is 25.0 Å². The Hall–Kier alpha value is -1.69. The highest BCUT2D eigenvalue weighted by Crippen LogP contribution is 2.20. The fourth-order valence-electron chi connectivity index (χ4n) is 2.82. The maximum atomic E-state index is 12.4. The van der Waals surface area contributed by atoms with Crippen LogP contribution in [0.4, 0.5) is 4.79 Å². The number of hydrogen-bond donors (Lipinski definition) is 1. The van der Waals surface area contributed by atoms with Crippen LogP contribution >= 0.6 is 11.8 Å². The predicted molar refractivity (Wildman–Crippen MR) is 105 cm³/mol. The molecule has 0 bridgehead atoms. The number of rotatable bonds is 6. The van der Waals surface area contributed by atoms with Crippen LogP contribution in [0.3, 0.4) is 0 Å². The zero-order valence-corrected chi connectivity index (χ0v) is 16.8. The molecule has 1 aromatic carbocycles. The maximum absolute atomic E-state index is 12.4. The molecule has 1 aliphatic heterocycles. The van der Waals surface area contributed by atoms with Crippen molar-refractivity contribution in [3.63, 3.8) is 0 Å². The van der Waals surface area contributed by atoms with Crippen LogP contribution in [-0.2, 0) is 9.53 Å². The maximum Gasteiger partial charge on any atom is 0.410 e. The molecule has 0 aromatic heterocycles. The molecule has 2 rings (SSSR count). The topological polar surface area (TPSA) is 58.6 Å². The minimum atomic E-state index is -0.511. The molecule has 1 aromatic rings. The SMILES string of the molecule is CC(C)(C)OC(=O)N1CCCC(C(=O)NCCCSc2ccccc2)C1. The van der Waals surface area contributed by atoms with Crippen LogP contribution < -0.4 is 5.32 Å². The molecule has 1 atom stereocenters. The smallest absolute Gasteiger partial charge is 0.410 e. The molecule has 1 unspecified atom stereocenters. The van der Waals surface area contributed by atoms with E-state index in [1.165, 1.54) is 4.90 Å². The molecule has 6 heteroatoms. The second-order valence-electron chi connectivity index (χ2n) is 7.57. The first kappa shape index (κ1) is 20.6. The second-order valence-corrected chi connectivity index (χ2v) is 8.74. The van der Waals surface area contributed by atoms with Crippen LogP contribution in [-0.4, -0.2) is 47.9 Å². The molecule has 0 aliphatic carbocycles. The van der Waals surface area contributed by atoms with Gasteiger partial charge in [0, 0.05) is 24.5 Å². The van der Waals surface area contributed by atoms with Gasteiger partial charge in [-0.15, -0.1) is 11.8 Å². The van der Waals surface area contributed by atoms with Gasteiger partial charge in [0.05, 0.1) is 5.92 Å². The van der Waals surface area contributed by atoms with Gasteiger partial charge in [-0.2, -0.15) is 0 Å². The monoisotopic (exact) mass is 378 g/mol. The number of ether oxygens (including phenoxy) is 1. The number of carbonyl (C=O) groups is 2. The van der Waals surface area contributed by atoms with Crippen LogP contribution in [0.25, 0.3) is 0 Å². The van der Waals surface area contributed by atoms with E-state index in [1.54, 1.807) is 16.7 Å². The Morgan fingerprint density at radius 2 is 2.00 bits per heavy atom. The van der Waals surface area contributed by atoms with Crippen molar-refractivity contribution in [1.29, 1.82) is 0 Å². The molecule has 1 N–H and O–H groups in total. The van der Waals surface area contributed by atoms with E-state index in [0.29, 0.717) is 19.6 Å². The fraction of sp³-hybridized carbons (Fsp3) is 0.600. The van der Waals surface area contributed by atoms with E-state index in [2.05, 4.69) is 17.4 Å². The zero-order chi connectivity index (χ0) is 19.0. The van der Waals surface area contributed by atoms with Crippen LogP contribution in [0.5, 0.6) is 0 Å². The summed E-state index contributed by atoms with van der Waals surface area (Å²) >= 11 is 1.80. The van der Waals surface area contributed by atoms with E-state index < -0.39 is 5.60 Å². The average molecular weight is 379 g/mol. The highest BCUT2D eigenvalue weighted by atomic mass is 32.2. The number of hydrogen-bond acceptors (Lipinski definition) is 4. The van der Waals surface area contributed by atoms with Crippen molar-refractivity contribution in [2.24, 2.45) is 5.92 Å². The van der Waals surface area contributed by atoms with Crippen molar-refractivity contribution >= 4 is 23.8 Å². The van der Waals surface area contributed by atoms with Crippen molar-refractivity contribution in [1.82, 2.24) is 10.2 Å². The molecular weight excluding hydrogens is 348 g/mol. The summed E-state index contributed by atoms with van der Waals surface area (Å²) in [7, 11) is 0. The molecule has 0 spiro atoms. The summed E-state index contributed by atoms with van der Waals surface area (Å²) in [5.41, 5.74) is -0.511. The first-order chi connectivity index (χ1) is 12.3. The summed E-state index contributed by atoms with van der Waals surface area (Å²) in [6.45, 7) is 7.33. The van der Waals surface area contributed by atoms with Crippen LogP contribution in [0.2, 0.25) is 0 Å². The number of thioether (sulfide) groups is 1. The Balaban J connectivity index is 1.67. The lowest BCUT2D eigenvalue weighted by molar-refractivity contribution is -0.126. The molecule has 0 saturated carbocycles. The number of nitrogens with zero attached hydrogens (tertiary/aromatic N) is 1. The van der Waals surface area contributed by atoms with Gasteiger partial charge in [0.25, 0.3) is 0 Å². The number of benzene rings is 1. The third-order valence-electron chi connectivity index (χ3n) is 4.08. The van der Waals surface area contributed by atoms with E-state index in [9.17, 15) is 9.59 Å². The van der Waals surface area contributed by atoms with Crippen LogP contribution in [0, 0.1) is 5.92 Å². The van der Waals surface area contributed by atoms with Crippen molar-refractivity contribution < 1.29 is 14.3 Å². The van der Waals surface area contributed by atoms with Gasteiger partial charge in [-0.3, -0.25) is 4.79 Å². The van der Waals surface area contributed by atoms with Crippen molar-refractivity contribution in [3.8, 4) is 0 Å². The summed E-state index contributed by atoms with van der Waals surface area (Å²) in [4.78, 5) is 27.5. The van der Waals surface area contributed by atoms with Crippen molar-refractivity contribution in [2.45, 2.75) is 50.5 Å². The lowest BCUT2D eigenvalue weighted by atomic mass is 9.97. The van der Waals surface area contributed by atoms with Gasteiger partial charge in [0.1, 0.15) is 5.60 Å². The average Bonchev–Trinajstić information content (AvgIpc) is 2.61. The van der Waals surface area contributed by atoms with Gasteiger partial charge < -0.3 is 15.0 Å². The normalized spacial score (nSPS) is 17.7. The molecule has 1 aliphatic rings. The molecule has 1 fully saturated rings. The summed E-state index contributed by atoms with van der Waals surface area (Å²) in [5, 5.41) is 3.02. The van der Waals surface area contributed by atoms with E-state index in [4.69, 9.17) is 4.74 Å². The highest BCUT2D eigenvalue weighted by molar-refractivity contribution is 7.99. The van der Waals surface area contributed by atoms with E-state index in [-0.39, 0.29) is 17.9 Å². The van der Waals surface area contributed by atoms with E-state index in [1.807, 2.05) is 39.0 Å². The largest absolute Gasteiger partial charge is 0.444 e. The summed E-state index contributed by atoms with van der Waals surface area (Å²) in [5.74, 6) is 0.875. The van der Waals surface area contributed by atoms with Crippen LogP contribution in [0.15, 0.2) is 35.2 Å². The molecule has 26 heavy (non-hydrogen) atoms. The lowest BCUT2D eigenvalue weighted by Crippen LogP contribution is -2.47. The summed E-state index contributed by atoms with van der Waals surface area (Å²) in [6, 6.07) is 10.3. The first-order valence-electron chi connectivity index (χ1n) is 9.28. The first-order valence-corrected chi connectivity index (χ1v) is 10.3. The Bertz CT molecular complexity index is 586. The Labute approximate surface area is 160 Å². The Morgan fingerprint density at radius 3 is 2.69 bits per heavy atom. The van der Waals surface area contributed by atoms with Gasteiger partial charge in [0.2, 0.25) is 5.91 Å². The molecular formula is C20H30N2O3S. The van der Waals surface area contributed by atoms with Gasteiger partial charge in [0.15, 0.2) is 0 Å². The summed E-state index contributed by atoms with van der Waals surface area (Å²) < 4.78 is 5.41. The molecule has 5 nitrogen and oxygen atoms in total. The van der Waals surface area contributed by atoms with Crippen molar-refractivity contribution in [2.75, 3.05) is 25.4 Å². The number of amides is 2. The standard InChI is InChI=1S/C20H30N2O3S/c1-20(2,3)25-19(24)22-13-7-9-16(15-22)18(23)21-12-8-14-26-17-10-5-4-6-11-17/h4-6,10-11,16H,7-9,12-15H2,1-3H3,(H,21,23). The molecule has 1 saturated heterocycles. The minimum Gasteiger partial charge on any atom is -0.444 e. The summed E-state index contributed by atoms with van der Waals surface area (Å²) in [6.07, 6.45) is 2.26. The Kier molecular flexibility index (Phi) is 7.82. The number of piperidine rings is 1. The van der Waals surface area contributed by atoms with Gasteiger partial charge >= 0.3 is 6.09 Å². The van der Waals surface area contributed by atoms with Crippen LogP contribution in [0.1, 0.15) is 40.0 Å². The molecule has 2 amide bonds. The molecule has 0 radical (unpaired) electrons. The molecule has 1 heterocycles. The lowest BCUT2D eigenvalue weighted by Gasteiger charge is -2.33. The third-order valence-corrected chi connectivity index (χ3v) is 5.17. The van der Waals surface area contributed by atoms with Gasteiger partial charge in [-0.25, -0.2) is 4.79 Å². The second kappa shape index (κ2) is 9.86.